The van der Waals surface area contributed by atoms with Crippen LogP contribution >= 0.6 is 15.3 Å². The number of aromatic amines is 1. The largest absolute Gasteiger partial charge is 0.472 e. The highest BCUT2D eigenvalue weighted by molar-refractivity contribution is 7.79. The summed E-state index contributed by atoms with van der Waals surface area (Å²) in [6, 6.07) is 0. The molecule has 3 radical (unpaired) electrons. The number of nitrogens with two attached hydrogens (primary N) is 2. The van der Waals surface area contributed by atoms with Crippen molar-refractivity contribution >= 4 is 57.0 Å². The molecule has 7 heterocycles. The molecule has 25 heteroatoms. The first kappa shape index (κ1) is 30.3. The highest BCUT2D eigenvalue weighted by atomic mass is 31.2. The number of H-pyrrole nitrogens is 1. The molecule has 2 bridgehead atoms. The first-order chi connectivity index (χ1) is 21.3. The Bertz CT molecular complexity index is 1940. The maximum absolute atomic E-state index is 13.4. The van der Waals surface area contributed by atoms with Crippen LogP contribution in [-0.2, 0) is 36.7 Å². The van der Waals surface area contributed by atoms with Crippen LogP contribution in [0.5, 0.6) is 0 Å². The number of nitrogens with zero attached hydrogens (tertiary/aromatic N) is 7. The molecule has 0 aliphatic carbocycles. The first-order valence-corrected chi connectivity index (χ1v) is 16.1. The number of rotatable bonds is 2. The molecule has 10 atom stereocenters. The number of anilines is 2. The molecule has 7 rings (SSSR count). The van der Waals surface area contributed by atoms with Gasteiger partial charge in [-0.1, -0.05) is 0 Å². The lowest BCUT2D eigenvalue weighted by Gasteiger charge is -2.34. The van der Waals surface area contributed by atoms with Gasteiger partial charge in [0.25, 0.3) is 5.56 Å². The molecule has 3 aliphatic rings. The van der Waals surface area contributed by atoms with Gasteiger partial charge >= 0.3 is 7.82 Å². The Hall–Kier alpha value is -3.34. The van der Waals surface area contributed by atoms with Crippen molar-refractivity contribution in [3.63, 3.8) is 0 Å². The number of fused-ring (bicyclic) bond motifs is 5. The molecule has 4 aromatic rings. The molecule has 4 unspecified atom stereocenters. The molecule has 0 aromatic carbocycles. The number of imidazole rings is 2. The second-order valence-electron chi connectivity index (χ2n) is 10.2. The fourth-order valence-corrected chi connectivity index (χ4v) is 7.27. The quantitative estimate of drug-likeness (QED) is 0.0978. The normalized spacial score (nSPS) is 37.7. The number of ether oxygens (including phenoxy) is 2. The molecule has 45 heavy (non-hydrogen) atoms. The fraction of sp³-hybridized carbons (Fsp3) is 0.500. The van der Waals surface area contributed by atoms with E-state index in [1.54, 1.807) is 0 Å². The zero-order valence-electron chi connectivity index (χ0n) is 22.5. The zero-order chi connectivity index (χ0) is 31.8. The van der Waals surface area contributed by atoms with Gasteiger partial charge in [-0.3, -0.25) is 28.0 Å². The molecule has 0 spiro atoms. The maximum Gasteiger partial charge on any atom is 0.472 e. The van der Waals surface area contributed by atoms with Gasteiger partial charge in [0.2, 0.25) is 5.95 Å². The van der Waals surface area contributed by atoms with E-state index in [1.165, 1.54) is 15.5 Å². The Morgan fingerprint density at radius 2 is 1.58 bits per heavy atom. The monoisotopic (exact) mass is 668 g/mol. The summed E-state index contributed by atoms with van der Waals surface area (Å²) < 4.78 is 62.0. The predicted molar refractivity (Wildman–Crippen MR) is 147 cm³/mol. The third-order valence-electron chi connectivity index (χ3n) is 7.35. The molecular weight excluding hydrogens is 645 g/mol. The summed E-state index contributed by atoms with van der Waals surface area (Å²) >= 11 is 0. The summed E-state index contributed by atoms with van der Waals surface area (Å²) in [6.45, 7) is -1.49. The Balaban J connectivity index is 1.21. The number of nitrogen functional groups attached to an aromatic ring is 2. The highest BCUT2D eigenvalue weighted by Crippen LogP contribution is 2.53. The molecule has 4 aromatic heterocycles. The van der Waals surface area contributed by atoms with E-state index in [-0.39, 0.29) is 34.1 Å². The minimum absolute atomic E-state index is 0.0509. The number of hydrogen-bond donors (Lipinski definition) is 6. The summed E-state index contributed by atoms with van der Waals surface area (Å²) in [5.74, 6) is -0.209. The zero-order valence-corrected chi connectivity index (χ0v) is 24.3. The van der Waals surface area contributed by atoms with Crippen molar-refractivity contribution in [1.82, 2.24) is 39.0 Å². The number of hydrogen-bond acceptors (Lipinski definition) is 18. The Morgan fingerprint density at radius 1 is 0.889 bits per heavy atom. The summed E-state index contributed by atoms with van der Waals surface area (Å²) in [5, 5.41) is 22.2. The Morgan fingerprint density at radius 3 is 2.36 bits per heavy atom. The van der Waals surface area contributed by atoms with Gasteiger partial charge < -0.3 is 57.2 Å². The third-order valence-corrected chi connectivity index (χ3v) is 9.38. The van der Waals surface area contributed by atoms with E-state index in [2.05, 4.69) is 29.9 Å². The van der Waals surface area contributed by atoms with Crippen molar-refractivity contribution in [2.45, 2.75) is 49.1 Å². The van der Waals surface area contributed by atoms with E-state index in [0.29, 0.717) is 0 Å². The molecule has 0 amide bonds. The number of phosphoric acid groups is 1. The Labute approximate surface area is 251 Å². The van der Waals surface area contributed by atoms with Crippen LogP contribution in [0.3, 0.4) is 0 Å². The molecular formula is C20H23BN10O12P2-. The van der Waals surface area contributed by atoms with Crippen LogP contribution in [0.25, 0.3) is 22.3 Å². The summed E-state index contributed by atoms with van der Waals surface area (Å²) in [4.78, 5) is 45.3. The van der Waals surface area contributed by atoms with Gasteiger partial charge in [-0.2, -0.15) is 4.98 Å². The summed E-state index contributed by atoms with van der Waals surface area (Å²) in [6.07, 6.45) is -8.57. The van der Waals surface area contributed by atoms with Crippen molar-refractivity contribution in [2.24, 2.45) is 0 Å². The molecule has 8 N–H and O–H groups in total. The van der Waals surface area contributed by atoms with Gasteiger partial charge in [-0.05, 0) is 0 Å². The van der Waals surface area contributed by atoms with Crippen LogP contribution in [0.15, 0.2) is 23.8 Å². The lowest BCUT2D eigenvalue weighted by Crippen LogP contribution is -2.36. The molecule has 3 fully saturated rings. The molecule has 3 saturated heterocycles. The first-order valence-electron chi connectivity index (χ1n) is 13.0. The van der Waals surface area contributed by atoms with Gasteiger partial charge in [-0.25, -0.2) is 24.5 Å². The van der Waals surface area contributed by atoms with Gasteiger partial charge in [0.05, 0.1) is 33.3 Å². The van der Waals surface area contributed by atoms with Crippen LogP contribution < -0.4 is 17.0 Å². The average Bonchev–Trinajstić information content (AvgIpc) is 3.72. The van der Waals surface area contributed by atoms with E-state index in [4.69, 9.17) is 46.6 Å². The maximum atomic E-state index is 13.4. The number of nitrogens with one attached hydrogen (secondary N) is 1. The molecule has 22 nitrogen and oxygen atoms in total. The standard InChI is InChI=1S/C20H23BN10O12P2/c21-44(35)38-2-7-12(11(33)18(41-7)30-4-26-8-14(22)24-3-25-15(8)30)43-45(36,37)39-1-6-10(32)13(42-44)19(40-6)31-5-27-9-16(31)28-20(23)29-17(9)34/h3-7,10-13,18-19,32-33H,1-2H2,(H,36,37)(H2,22,24,25)(H3,23,28,29,34)/q-1/t6-,7-,10+,11?,12+,13?,18-,19-,44?/m1/s1. The number of aliphatic hydroxyl groups excluding tert-OH is 2. The van der Waals surface area contributed by atoms with Gasteiger partial charge in [-0.15, -0.1) is 0 Å². The fourth-order valence-electron chi connectivity index (χ4n) is 5.32. The number of aliphatic hydroxyl groups is 2. The van der Waals surface area contributed by atoms with Gasteiger partial charge in [0.15, 0.2) is 35.1 Å². The average molecular weight is 668 g/mol. The van der Waals surface area contributed by atoms with Crippen molar-refractivity contribution in [3.05, 3.63) is 29.3 Å². The second-order valence-corrected chi connectivity index (χ2v) is 13.2. The predicted octanol–water partition coefficient (Wildman–Crippen LogP) is -2.17. The van der Waals surface area contributed by atoms with E-state index in [1.807, 2.05) is 0 Å². The topological polar surface area (TPSA) is 309 Å². The minimum atomic E-state index is -5.03. The smallest absolute Gasteiger partial charge is 0.444 e. The minimum Gasteiger partial charge on any atom is -0.444 e. The van der Waals surface area contributed by atoms with Crippen molar-refractivity contribution in [3.8, 4) is 0 Å². The van der Waals surface area contributed by atoms with Crippen LogP contribution in [-0.4, -0.2) is 112 Å². The van der Waals surface area contributed by atoms with Gasteiger partial charge in [0.1, 0.15) is 48.5 Å². The van der Waals surface area contributed by atoms with E-state index in [9.17, 15) is 29.0 Å². The van der Waals surface area contributed by atoms with Crippen LogP contribution in [0.1, 0.15) is 12.5 Å². The van der Waals surface area contributed by atoms with Gasteiger partial charge in [0, 0.05) is 0 Å². The van der Waals surface area contributed by atoms with Crippen molar-refractivity contribution < 1.29 is 51.8 Å². The van der Waals surface area contributed by atoms with E-state index >= 15 is 0 Å². The van der Waals surface area contributed by atoms with Crippen LogP contribution in [0, 0.1) is 0 Å². The lowest BCUT2D eigenvalue weighted by atomic mass is 10.1. The summed E-state index contributed by atoms with van der Waals surface area (Å²) in [5.41, 5.74) is 11.0. The lowest BCUT2D eigenvalue weighted by molar-refractivity contribution is -0.0621. The molecule has 239 valence electrons. The van der Waals surface area contributed by atoms with E-state index in [0.717, 1.165) is 12.7 Å². The van der Waals surface area contributed by atoms with E-state index < -0.39 is 83.1 Å². The SMILES string of the molecule is [B-]P1(=O)OC[C@H]2O[C@@H](n3cnc4c(N)ncnc43)C(O)[C@H]2OP(=O)(O)OC[C@H]2O[C@@H](n3cnc4c(=O)[nH]c(N)nc43)C(O1)[C@H]2O. The highest BCUT2D eigenvalue weighted by Gasteiger charge is 2.52. The number of aromatic nitrogens is 8. The second kappa shape index (κ2) is 10.9. The van der Waals surface area contributed by atoms with Crippen LogP contribution in [0.4, 0.5) is 11.8 Å². The molecule has 0 saturated carbocycles. The van der Waals surface area contributed by atoms with Crippen molar-refractivity contribution in [2.75, 3.05) is 24.7 Å². The van der Waals surface area contributed by atoms with Crippen LogP contribution in [0.2, 0.25) is 0 Å². The summed E-state index contributed by atoms with van der Waals surface area (Å²) in [7, 11) is -3.75. The number of phosphoric ester groups is 1. The molecule has 3 aliphatic heterocycles. The third kappa shape index (κ3) is 5.34. The Kier molecular flexibility index (Phi) is 7.34. The van der Waals surface area contributed by atoms with Crippen molar-refractivity contribution in [1.29, 1.82) is 0 Å².